The summed E-state index contributed by atoms with van der Waals surface area (Å²) in [6, 6.07) is 12.0. The summed E-state index contributed by atoms with van der Waals surface area (Å²) < 4.78 is 61.4. The SMILES string of the molecule is CCOc1ccc(-n2c([C@@H](C)N(CC3CCN(C)CC3)C(=O)Cc3ccc(F)c(C(F)(F)F)c3)nc3ncccc3c2=O)cc1. The standard InChI is InChI=1S/C33H35F4N5O3/c1-4-45-25-10-8-24(9-11-25)42-31(39-30-26(32(42)44)6-5-15-38-30)21(2)41(20-22-13-16-40(3)17-14-22)29(43)19-23-7-12-28(34)27(18-23)33(35,36)37/h5-12,15,18,21-22H,4,13-14,16-17,19-20H2,1-3H3/t21-/m1/s1. The van der Waals surface area contributed by atoms with Crippen LogP contribution >= 0.6 is 0 Å². The largest absolute Gasteiger partial charge is 0.494 e. The van der Waals surface area contributed by atoms with Gasteiger partial charge in [-0.25, -0.2) is 14.4 Å². The number of hydrogen-bond donors (Lipinski definition) is 0. The topological polar surface area (TPSA) is 80.6 Å². The van der Waals surface area contributed by atoms with E-state index in [-0.39, 0.29) is 34.9 Å². The third-order valence-electron chi connectivity index (χ3n) is 8.22. The molecule has 0 radical (unpaired) electrons. The smallest absolute Gasteiger partial charge is 0.419 e. The van der Waals surface area contributed by atoms with Crippen molar-refractivity contribution in [1.29, 1.82) is 0 Å². The lowest BCUT2D eigenvalue weighted by atomic mass is 9.95. The minimum atomic E-state index is -4.90. The van der Waals surface area contributed by atoms with Crippen molar-refractivity contribution in [3.8, 4) is 11.4 Å². The number of likely N-dealkylation sites (tertiary alicyclic amines) is 1. The molecule has 5 rings (SSSR count). The Labute approximate surface area is 258 Å². The number of carbonyl (C=O) groups is 1. The van der Waals surface area contributed by atoms with Gasteiger partial charge in [-0.2, -0.15) is 13.2 Å². The van der Waals surface area contributed by atoms with Crippen molar-refractivity contribution in [2.45, 2.75) is 45.3 Å². The highest BCUT2D eigenvalue weighted by molar-refractivity contribution is 5.79. The van der Waals surface area contributed by atoms with Crippen molar-refractivity contribution in [2.24, 2.45) is 5.92 Å². The van der Waals surface area contributed by atoms with Gasteiger partial charge in [-0.1, -0.05) is 6.07 Å². The molecule has 2 aromatic heterocycles. The van der Waals surface area contributed by atoms with Gasteiger partial charge in [0.15, 0.2) is 5.65 Å². The second-order valence-electron chi connectivity index (χ2n) is 11.4. The second-order valence-corrected chi connectivity index (χ2v) is 11.4. The van der Waals surface area contributed by atoms with Crippen LogP contribution in [0, 0.1) is 11.7 Å². The third-order valence-corrected chi connectivity index (χ3v) is 8.22. The number of benzene rings is 2. The van der Waals surface area contributed by atoms with Crippen LogP contribution in [0.15, 0.2) is 65.6 Å². The van der Waals surface area contributed by atoms with Crippen LogP contribution in [0.4, 0.5) is 17.6 Å². The van der Waals surface area contributed by atoms with Crippen LogP contribution in [0.2, 0.25) is 0 Å². The number of carbonyl (C=O) groups excluding carboxylic acids is 1. The van der Waals surface area contributed by atoms with Crippen LogP contribution < -0.4 is 10.3 Å². The Morgan fingerprint density at radius 3 is 2.49 bits per heavy atom. The van der Waals surface area contributed by atoms with E-state index in [9.17, 15) is 27.2 Å². The molecule has 1 aliphatic rings. The Kier molecular flexibility index (Phi) is 9.52. The van der Waals surface area contributed by atoms with Crippen LogP contribution in [0.25, 0.3) is 16.7 Å². The lowest BCUT2D eigenvalue weighted by molar-refractivity contribution is -0.140. The van der Waals surface area contributed by atoms with Gasteiger partial charge in [0.1, 0.15) is 17.4 Å². The molecule has 0 aliphatic carbocycles. The van der Waals surface area contributed by atoms with Gasteiger partial charge in [0.2, 0.25) is 5.91 Å². The van der Waals surface area contributed by atoms with Crippen LogP contribution in [0.1, 0.15) is 49.7 Å². The van der Waals surface area contributed by atoms with Gasteiger partial charge < -0.3 is 14.5 Å². The zero-order valence-corrected chi connectivity index (χ0v) is 25.4. The lowest BCUT2D eigenvalue weighted by Gasteiger charge is -2.36. The first-order valence-corrected chi connectivity index (χ1v) is 14.9. The maximum atomic E-state index is 14.0. The van der Waals surface area contributed by atoms with Crippen LogP contribution in [-0.4, -0.2) is 63.5 Å². The molecule has 12 heteroatoms. The molecule has 2 aromatic carbocycles. The van der Waals surface area contributed by atoms with Crippen LogP contribution in [-0.2, 0) is 17.4 Å². The van der Waals surface area contributed by atoms with Crippen molar-refractivity contribution >= 4 is 16.9 Å². The normalized spacial score (nSPS) is 15.3. The molecule has 3 heterocycles. The van der Waals surface area contributed by atoms with E-state index in [1.807, 2.05) is 14.0 Å². The Morgan fingerprint density at radius 2 is 1.82 bits per heavy atom. The molecule has 238 valence electrons. The van der Waals surface area contributed by atoms with E-state index in [0.29, 0.717) is 36.0 Å². The quantitative estimate of drug-likeness (QED) is 0.219. The summed E-state index contributed by atoms with van der Waals surface area (Å²) in [5.74, 6) is -0.865. The molecular formula is C33H35F4N5O3. The first kappa shape index (κ1) is 32.1. The number of pyridine rings is 1. The van der Waals surface area contributed by atoms with Gasteiger partial charge in [-0.3, -0.25) is 14.2 Å². The van der Waals surface area contributed by atoms with Gasteiger partial charge in [0.05, 0.1) is 35.7 Å². The van der Waals surface area contributed by atoms with Crippen molar-refractivity contribution < 1.29 is 27.1 Å². The summed E-state index contributed by atoms with van der Waals surface area (Å²) in [5, 5.41) is 0.293. The van der Waals surface area contributed by atoms with Crippen molar-refractivity contribution in [2.75, 3.05) is 33.3 Å². The van der Waals surface area contributed by atoms with E-state index in [1.54, 1.807) is 48.2 Å². The number of fused-ring (bicyclic) bond motifs is 1. The van der Waals surface area contributed by atoms with Gasteiger partial charge in [0.25, 0.3) is 5.56 Å². The Balaban J connectivity index is 1.58. The Hall–Kier alpha value is -4.32. The molecule has 1 atom stereocenters. The average Bonchev–Trinajstić information content (AvgIpc) is 3.01. The summed E-state index contributed by atoms with van der Waals surface area (Å²) in [6.07, 6.45) is -2.13. The van der Waals surface area contributed by atoms with E-state index < -0.39 is 29.5 Å². The minimum Gasteiger partial charge on any atom is -0.494 e. The van der Waals surface area contributed by atoms with Gasteiger partial charge in [0, 0.05) is 12.7 Å². The maximum absolute atomic E-state index is 14.0. The van der Waals surface area contributed by atoms with Crippen LogP contribution in [0.3, 0.4) is 0 Å². The minimum absolute atomic E-state index is 0.0337. The predicted molar refractivity (Wildman–Crippen MR) is 162 cm³/mol. The molecule has 0 unspecified atom stereocenters. The van der Waals surface area contributed by atoms with Crippen molar-refractivity contribution in [1.82, 2.24) is 24.3 Å². The van der Waals surface area contributed by atoms with Crippen molar-refractivity contribution in [3.63, 3.8) is 0 Å². The number of piperidine rings is 1. The fraction of sp³-hybridized carbons (Fsp3) is 0.394. The number of alkyl halides is 3. The first-order valence-electron chi connectivity index (χ1n) is 14.9. The molecule has 8 nitrogen and oxygen atoms in total. The number of aromatic nitrogens is 3. The molecular weight excluding hydrogens is 590 g/mol. The number of rotatable bonds is 9. The molecule has 0 saturated carbocycles. The zero-order chi connectivity index (χ0) is 32.3. The fourth-order valence-corrected chi connectivity index (χ4v) is 5.74. The highest BCUT2D eigenvalue weighted by Gasteiger charge is 2.35. The van der Waals surface area contributed by atoms with E-state index in [4.69, 9.17) is 9.72 Å². The van der Waals surface area contributed by atoms with Gasteiger partial charge in [-0.15, -0.1) is 0 Å². The second kappa shape index (κ2) is 13.4. The molecule has 1 amide bonds. The zero-order valence-electron chi connectivity index (χ0n) is 25.4. The summed E-state index contributed by atoms with van der Waals surface area (Å²) in [7, 11) is 2.02. The Morgan fingerprint density at radius 1 is 1.11 bits per heavy atom. The highest BCUT2D eigenvalue weighted by Crippen LogP contribution is 2.33. The summed E-state index contributed by atoms with van der Waals surface area (Å²) in [4.78, 5) is 40.8. The molecule has 0 spiro atoms. The molecule has 4 aromatic rings. The molecule has 1 fully saturated rings. The number of amides is 1. The van der Waals surface area contributed by atoms with Gasteiger partial charge >= 0.3 is 6.18 Å². The van der Waals surface area contributed by atoms with E-state index in [2.05, 4.69) is 9.88 Å². The van der Waals surface area contributed by atoms with Gasteiger partial charge in [-0.05, 0) is 107 Å². The van der Waals surface area contributed by atoms with Crippen LogP contribution in [0.5, 0.6) is 5.75 Å². The van der Waals surface area contributed by atoms with E-state index >= 15 is 0 Å². The third kappa shape index (κ3) is 7.16. The van der Waals surface area contributed by atoms with E-state index in [0.717, 1.165) is 32.0 Å². The number of nitrogens with zero attached hydrogens (tertiary/aromatic N) is 5. The monoisotopic (exact) mass is 625 g/mol. The summed E-state index contributed by atoms with van der Waals surface area (Å²) in [5.41, 5.74) is -1.05. The molecule has 0 N–H and O–H groups in total. The number of ether oxygens (including phenoxy) is 1. The highest BCUT2D eigenvalue weighted by atomic mass is 19.4. The summed E-state index contributed by atoms with van der Waals surface area (Å²) >= 11 is 0. The maximum Gasteiger partial charge on any atom is 0.419 e. The predicted octanol–water partition coefficient (Wildman–Crippen LogP) is 5.81. The number of hydrogen-bond acceptors (Lipinski definition) is 6. The molecule has 0 bridgehead atoms. The summed E-state index contributed by atoms with van der Waals surface area (Å²) in [6.45, 7) is 6.06. The van der Waals surface area contributed by atoms with Crippen molar-refractivity contribution in [3.05, 3.63) is 93.9 Å². The lowest BCUT2D eigenvalue weighted by Crippen LogP contribution is -2.43. The average molecular weight is 626 g/mol. The molecule has 1 aliphatic heterocycles. The van der Waals surface area contributed by atoms with E-state index in [1.165, 1.54) is 16.8 Å². The fourth-order valence-electron chi connectivity index (χ4n) is 5.74. The number of halogens is 4. The molecule has 45 heavy (non-hydrogen) atoms. The first-order chi connectivity index (χ1) is 21.5. The molecule has 1 saturated heterocycles. The Bertz CT molecular complexity index is 1720.